The van der Waals surface area contributed by atoms with E-state index in [0.29, 0.717) is 11.1 Å². The van der Waals surface area contributed by atoms with Crippen LogP contribution in [-0.2, 0) is 23.8 Å². The fourth-order valence-corrected chi connectivity index (χ4v) is 5.05. The second-order valence-corrected chi connectivity index (χ2v) is 8.09. The molecule has 7 heteroatoms. The van der Waals surface area contributed by atoms with Crippen molar-refractivity contribution in [3.05, 3.63) is 36.0 Å². The summed E-state index contributed by atoms with van der Waals surface area (Å²) in [6.07, 6.45) is -1.54. The van der Waals surface area contributed by atoms with E-state index in [2.05, 4.69) is 13.2 Å². The van der Waals surface area contributed by atoms with Gasteiger partial charge in [-0.15, -0.1) is 0 Å². The average Bonchev–Trinajstić information content (AvgIpc) is 3.20. The van der Waals surface area contributed by atoms with Crippen molar-refractivity contribution in [2.45, 2.75) is 62.8 Å². The van der Waals surface area contributed by atoms with Gasteiger partial charge in [-0.3, -0.25) is 0 Å². The third kappa shape index (κ3) is 2.13. The largest absolute Gasteiger partial charge is 0.458 e. The lowest BCUT2D eigenvalue weighted by Gasteiger charge is -2.40. The molecule has 2 saturated heterocycles. The van der Waals surface area contributed by atoms with Crippen molar-refractivity contribution in [2.24, 2.45) is 11.8 Å². The van der Waals surface area contributed by atoms with E-state index in [1.807, 2.05) is 0 Å². The second kappa shape index (κ2) is 5.53. The molecule has 4 rings (SSSR count). The van der Waals surface area contributed by atoms with Gasteiger partial charge in [0.15, 0.2) is 0 Å². The molecule has 0 unspecified atom stereocenters. The van der Waals surface area contributed by atoms with Crippen molar-refractivity contribution in [3.8, 4) is 0 Å². The molecule has 0 aromatic heterocycles. The van der Waals surface area contributed by atoms with Gasteiger partial charge in [0.25, 0.3) is 0 Å². The van der Waals surface area contributed by atoms with E-state index in [1.54, 1.807) is 26.8 Å². The van der Waals surface area contributed by atoms with Gasteiger partial charge in [-0.25, -0.2) is 9.59 Å². The monoisotopic (exact) mass is 376 g/mol. The fraction of sp³-hybridized carbons (Fsp3) is 0.600. The van der Waals surface area contributed by atoms with Gasteiger partial charge in [-0.2, -0.15) is 0 Å². The number of carbonyl (C=O) groups excluding carboxylic acids is 2. The third-order valence-corrected chi connectivity index (χ3v) is 6.75. The minimum atomic E-state index is -1.68. The summed E-state index contributed by atoms with van der Waals surface area (Å²) in [5, 5.41) is 22.4. The molecule has 4 fully saturated rings. The van der Waals surface area contributed by atoms with Crippen molar-refractivity contribution in [3.63, 3.8) is 0 Å². The van der Waals surface area contributed by atoms with Crippen molar-refractivity contribution < 1.29 is 34.0 Å². The lowest BCUT2D eigenvalue weighted by Crippen LogP contribution is -2.59. The Bertz CT molecular complexity index is 798. The molecule has 0 aromatic carbocycles. The lowest BCUT2D eigenvalue weighted by atomic mass is 9.73. The lowest BCUT2D eigenvalue weighted by molar-refractivity contribution is -0.185. The number of esters is 2. The summed E-state index contributed by atoms with van der Waals surface area (Å²) in [5.41, 5.74) is -1.64. The standard InChI is InChI=1S/C20H24O7/c1-6-8(2)17(22)25-11-7-9(3)13-14(21)16-19(5,27-16)20(13,24)15-12(11)10(4)18(23)26-15/h6,11-16,21,24H,3-4,7H2,1-2,5H3/b8-6-/t11-,12+,13+,14-,15-,16+,19-,20+/m0/s1. The first-order valence-corrected chi connectivity index (χ1v) is 9.07. The molecular formula is C20H24O7. The molecule has 2 N–H and O–H groups in total. The molecule has 2 saturated carbocycles. The van der Waals surface area contributed by atoms with Crippen LogP contribution in [0.4, 0.5) is 0 Å². The van der Waals surface area contributed by atoms with Gasteiger partial charge in [-0.05, 0) is 20.8 Å². The first kappa shape index (κ1) is 18.4. The van der Waals surface area contributed by atoms with Crippen molar-refractivity contribution in [1.29, 1.82) is 0 Å². The minimum Gasteiger partial charge on any atom is -0.458 e. The maximum atomic E-state index is 12.4. The number of aliphatic hydroxyl groups excluding tert-OH is 1. The fourth-order valence-electron chi connectivity index (χ4n) is 5.05. The Balaban J connectivity index is 1.78. The molecule has 0 spiro atoms. The van der Waals surface area contributed by atoms with E-state index in [9.17, 15) is 19.8 Å². The van der Waals surface area contributed by atoms with Gasteiger partial charge >= 0.3 is 11.9 Å². The number of allylic oxidation sites excluding steroid dienone is 1. The number of fused-ring (bicyclic) bond motifs is 5. The number of epoxide rings is 1. The van der Waals surface area contributed by atoms with Crippen LogP contribution >= 0.6 is 0 Å². The van der Waals surface area contributed by atoms with E-state index in [0.717, 1.165) is 0 Å². The number of carbonyl (C=O) groups is 2. The zero-order chi connectivity index (χ0) is 19.9. The quantitative estimate of drug-likeness (QED) is 0.318. The van der Waals surface area contributed by atoms with Gasteiger partial charge in [0.2, 0.25) is 0 Å². The Morgan fingerprint density at radius 2 is 2.04 bits per heavy atom. The number of hydrogen-bond acceptors (Lipinski definition) is 7. The first-order valence-electron chi connectivity index (χ1n) is 9.07. The van der Waals surface area contributed by atoms with E-state index in [-0.39, 0.29) is 12.0 Å². The van der Waals surface area contributed by atoms with Crippen LogP contribution < -0.4 is 0 Å². The highest BCUT2D eigenvalue weighted by Gasteiger charge is 2.83. The second-order valence-electron chi connectivity index (χ2n) is 8.09. The Morgan fingerprint density at radius 1 is 1.37 bits per heavy atom. The van der Waals surface area contributed by atoms with E-state index in [1.165, 1.54) is 0 Å². The van der Waals surface area contributed by atoms with Crippen LogP contribution in [-0.4, -0.2) is 57.8 Å². The van der Waals surface area contributed by atoms with Gasteiger partial charge < -0.3 is 24.4 Å². The number of aliphatic hydroxyl groups is 2. The van der Waals surface area contributed by atoms with Crippen LogP contribution in [0, 0.1) is 11.8 Å². The minimum absolute atomic E-state index is 0.139. The first-order chi connectivity index (χ1) is 12.6. The maximum absolute atomic E-state index is 12.4. The molecule has 146 valence electrons. The van der Waals surface area contributed by atoms with Crippen molar-refractivity contribution in [2.75, 3.05) is 0 Å². The molecule has 8 atom stereocenters. The van der Waals surface area contributed by atoms with Gasteiger partial charge in [0.05, 0.1) is 12.0 Å². The molecule has 27 heavy (non-hydrogen) atoms. The highest BCUT2D eigenvalue weighted by Crippen LogP contribution is 2.65. The van der Waals surface area contributed by atoms with Crippen LogP contribution in [0.1, 0.15) is 27.2 Å². The third-order valence-electron chi connectivity index (χ3n) is 6.75. The van der Waals surface area contributed by atoms with Gasteiger partial charge in [-0.1, -0.05) is 24.8 Å². The molecule has 2 aliphatic carbocycles. The number of ether oxygens (including phenoxy) is 3. The van der Waals surface area contributed by atoms with Crippen molar-refractivity contribution >= 4 is 11.9 Å². The van der Waals surface area contributed by atoms with Crippen LogP contribution in [0.2, 0.25) is 0 Å². The Kier molecular flexibility index (Phi) is 3.77. The van der Waals surface area contributed by atoms with Crippen molar-refractivity contribution in [1.82, 2.24) is 0 Å². The smallest absolute Gasteiger partial charge is 0.334 e. The Morgan fingerprint density at radius 3 is 2.67 bits per heavy atom. The SMILES string of the molecule is C=C1C(=O)O[C@H]2[C@H]1[C@@H](OC(=O)/C(C)=C\C)CC(=C)[C@@H]1[C@H](O)[C@H]3O[C@]3(C)[C@@]12O. The maximum Gasteiger partial charge on any atom is 0.334 e. The summed E-state index contributed by atoms with van der Waals surface area (Å²) in [4.78, 5) is 24.6. The van der Waals surface area contributed by atoms with E-state index >= 15 is 0 Å². The summed E-state index contributed by atoms with van der Waals surface area (Å²) in [7, 11) is 0. The molecule has 4 aliphatic rings. The molecule has 0 amide bonds. The molecule has 0 radical (unpaired) electrons. The zero-order valence-electron chi connectivity index (χ0n) is 15.6. The van der Waals surface area contributed by atoms with E-state index < -0.39 is 59.4 Å². The molecule has 0 bridgehead atoms. The van der Waals surface area contributed by atoms with Crippen LogP contribution in [0.15, 0.2) is 36.0 Å². The van der Waals surface area contributed by atoms with Crippen LogP contribution in [0.25, 0.3) is 0 Å². The normalized spacial score (nSPS) is 48.3. The van der Waals surface area contributed by atoms with Gasteiger partial charge in [0, 0.05) is 23.5 Å². The molecular weight excluding hydrogens is 352 g/mol. The molecule has 0 aromatic rings. The summed E-state index contributed by atoms with van der Waals surface area (Å²) in [6.45, 7) is 12.9. The number of hydrogen-bond donors (Lipinski definition) is 2. The topological polar surface area (TPSA) is 106 Å². The van der Waals surface area contributed by atoms with E-state index in [4.69, 9.17) is 14.2 Å². The summed E-state index contributed by atoms with van der Waals surface area (Å²) >= 11 is 0. The Hall–Kier alpha value is -1.96. The molecule has 2 aliphatic heterocycles. The Labute approximate surface area is 157 Å². The highest BCUT2D eigenvalue weighted by molar-refractivity contribution is 5.92. The van der Waals surface area contributed by atoms with Crippen LogP contribution in [0.5, 0.6) is 0 Å². The number of rotatable bonds is 2. The van der Waals surface area contributed by atoms with Gasteiger partial charge in [0.1, 0.15) is 29.5 Å². The zero-order valence-corrected chi connectivity index (χ0v) is 15.6. The summed E-state index contributed by atoms with van der Waals surface area (Å²) in [5.74, 6) is -2.66. The highest BCUT2D eigenvalue weighted by atomic mass is 16.7. The molecule has 2 heterocycles. The molecule has 7 nitrogen and oxygen atoms in total. The predicted octanol–water partition coefficient (Wildman–Crippen LogP) is 0.801. The summed E-state index contributed by atoms with van der Waals surface area (Å²) in [6, 6.07) is 0. The average molecular weight is 376 g/mol. The predicted molar refractivity (Wildman–Crippen MR) is 93.3 cm³/mol. The summed E-state index contributed by atoms with van der Waals surface area (Å²) < 4.78 is 16.8. The van der Waals surface area contributed by atoms with Crippen LogP contribution in [0.3, 0.4) is 0 Å².